The first-order valence-electron chi connectivity index (χ1n) is 10.9. The minimum Gasteiger partial charge on any atom is -0.457 e. The van der Waals surface area contributed by atoms with E-state index in [4.69, 9.17) is 9.73 Å². The number of nitrogens with zero attached hydrogens (tertiary/aromatic N) is 2. The molecule has 0 bridgehead atoms. The highest BCUT2D eigenvalue weighted by molar-refractivity contribution is 5.99. The fourth-order valence-electron chi connectivity index (χ4n) is 3.82. The Balaban J connectivity index is 2.73. The predicted molar refractivity (Wildman–Crippen MR) is 122 cm³/mol. The summed E-state index contributed by atoms with van der Waals surface area (Å²) < 4.78 is 5.78. The Morgan fingerprint density at radius 3 is 2.20 bits per heavy atom. The Hall–Kier alpha value is -2.41. The average molecular weight is 409 g/mol. The van der Waals surface area contributed by atoms with Gasteiger partial charge in [0.1, 0.15) is 5.60 Å². The zero-order valence-corrected chi connectivity index (χ0v) is 19.8. The van der Waals surface area contributed by atoms with E-state index >= 15 is 0 Å². The van der Waals surface area contributed by atoms with Gasteiger partial charge >= 0.3 is 5.97 Å². The summed E-state index contributed by atoms with van der Waals surface area (Å²) in [6, 6.07) is 10.6. The van der Waals surface area contributed by atoms with E-state index in [0.29, 0.717) is 18.4 Å². The minimum atomic E-state index is -0.614. The van der Waals surface area contributed by atoms with Crippen molar-refractivity contribution in [2.45, 2.75) is 86.2 Å². The Morgan fingerprint density at radius 2 is 1.73 bits per heavy atom. The van der Waals surface area contributed by atoms with Crippen molar-refractivity contribution in [2.24, 2.45) is 16.3 Å². The predicted octanol–water partition coefficient (Wildman–Crippen LogP) is 6.51. The van der Waals surface area contributed by atoms with Gasteiger partial charge in [-0.2, -0.15) is 5.26 Å². The standard InChI is InChI=1S/C26H36N2O2/c1-9-10-20-23(24(29)30-26(6,7)8)22(18-13-11-17(2)12-14-18)19(16-27)21(28-20)15-25(3,4)5/h11-14,19,22H,9-10,15H2,1-8H3. The van der Waals surface area contributed by atoms with Gasteiger partial charge in [-0.15, -0.1) is 0 Å². The zero-order valence-electron chi connectivity index (χ0n) is 19.8. The number of esters is 1. The number of aryl methyl sites for hydroxylation is 1. The lowest BCUT2D eigenvalue weighted by Crippen LogP contribution is -2.35. The van der Waals surface area contributed by atoms with Crippen LogP contribution in [0, 0.1) is 29.6 Å². The second-order valence-electron chi connectivity index (χ2n) is 10.4. The van der Waals surface area contributed by atoms with E-state index in [1.807, 2.05) is 52.0 Å². The highest BCUT2D eigenvalue weighted by Gasteiger charge is 2.41. The van der Waals surface area contributed by atoms with E-state index in [2.05, 4.69) is 33.8 Å². The van der Waals surface area contributed by atoms with Crippen molar-refractivity contribution in [2.75, 3.05) is 0 Å². The molecule has 2 atom stereocenters. The number of rotatable bonds is 5. The van der Waals surface area contributed by atoms with E-state index in [-0.39, 0.29) is 17.3 Å². The van der Waals surface area contributed by atoms with Crippen molar-refractivity contribution >= 4 is 11.7 Å². The lowest BCUT2D eigenvalue weighted by Gasteiger charge is -2.34. The van der Waals surface area contributed by atoms with E-state index in [0.717, 1.165) is 29.0 Å². The second kappa shape index (κ2) is 9.16. The van der Waals surface area contributed by atoms with Crippen LogP contribution in [0.3, 0.4) is 0 Å². The molecule has 1 aliphatic rings. The SMILES string of the molecule is CCCC1=C(C(=O)OC(C)(C)C)C(c2ccc(C)cc2)C(C#N)C(CC(C)(C)C)=N1. The molecule has 0 aliphatic carbocycles. The fourth-order valence-corrected chi connectivity index (χ4v) is 3.82. The molecular weight excluding hydrogens is 372 g/mol. The van der Waals surface area contributed by atoms with Crippen LogP contribution < -0.4 is 0 Å². The van der Waals surface area contributed by atoms with Crippen LogP contribution in [0.15, 0.2) is 40.5 Å². The van der Waals surface area contributed by atoms with Crippen LogP contribution in [0.2, 0.25) is 0 Å². The largest absolute Gasteiger partial charge is 0.457 e. The number of carbonyl (C=O) groups excluding carboxylic acids is 1. The van der Waals surface area contributed by atoms with E-state index in [1.54, 1.807) is 0 Å². The molecule has 162 valence electrons. The monoisotopic (exact) mass is 408 g/mol. The summed E-state index contributed by atoms with van der Waals surface area (Å²) in [5.74, 6) is -1.23. The van der Waals surface area contributed by atoms with Gasteiger partial charge in [0.25, 0.3) is 0 Å². The van der Waals surface area contributed by atoms with Crippen molar-refractivity contribution in [1.82, 2.24) is 0 Å². The van der Waals surface area contributed by atoms with Gasteiger partial charge in [-0.25, -0.2) is 4.79 Å². The van der Waals surface area contributed by atoms with Crippen molar-refractivity contribution in [1.29, 1.82) is 5.26 Å². The van der Waals surface area contributed by atoms with Gasteiger partial charge in [-0.3, -0.25) is 4.99 Å². The van der Waals surface area contributed by atoms with Crippen molar-refractivity contribution in [3.05, 3.63) is 46.7 Å². The second-order valence-corrected chi connectivity index (χ2v) is 10.4. The fraction of sp³-hybridized carbons (Fsp3) is 0.577. The zero-order chi connectivity index (χ0) is 22.7. The summed E-state index contributed by atoms with van der Waals surface area (Å²) >= 11 is 0. The topological polar surface area (TPSA) is 62.5 Å². The lowest BCUT2D eigenvalue weighted by molar-refractivity contribution is -0.150. The molecule has 1 heterocycles. The Labute approximate surface area is 182 Å². The summed E-state index contributed by atoms with van der Waals surface area (Å²) in [5, 5.41) is 10.2. The summed E-state index contributed by atoms with van der Waals surface area (Å²) in [5.41, 5.74) is 3.66. The molecule has 1 aromatic rings. The molecule has 0 spiro atoms. The molecule has 1 aliphatic heterocycles. The molecule has 1 aromatic carbocycles. The molecular formula is C26H36N2O2. The molecule has 0 aromatic heterocycles. The molecule has 0 saturated heterocycles. The van der Waals surface area contributed by atoms with E-state index < -0.39 is 11.5 Å². The number of allylic oxidation sites excluding steroid dienone is 1. The van der Waals surface area contributed by atoms with Crippen LogP contribution in [-0.2, 0) is 9.53 Å². The molecule has 4 nitrogen and oxygen atoms in total. The summed E-state index contributed by atoms with van der Waals surface area (Å²) in [6.45, 7) is 16.2. The normalized spacial score (nSPS) is 19.9. The van der Waals surface area contributed by atoms with Crippen LogP contribution in [0.4, 0.5) is 0 Å². The Morgan fingerprint density at radius 1 is 1.13 bits per heavy atom. The lowest BCUT2D eigenvalue weighted by atomic mass is 9.72. The minimum absolute atomic E-state index is 0.00743. The number of carbonyl (C=O) groups is 1. The van der Waals surface area contributed by atoms with Crippen molar-refractivity contribution in [3.8, 4) is 6.07 Å². The number of benzene rings is 1. The third-order valence-electron chi connectivity index (χ3n) is 4.99. The summed E-state index contributed by atoms with van der Waals surface area (Å²) in [6.07, 6.45) is 2.26. The average Bonchev–Trinajstić information content (AvgIpc) is 2.59. The number of aliphatic imine (C=N–C) groups is 1. The summed E-state index contributed by atoms with van der Waals surface area (Å²) in [4.78, 5) is 18.3. The first-order chi connectivity index (χ1) is 13.9. The Kier molecular flexibility index (Phi) is 7.29. The quantitative estimate of drug-likeness (QED) is 0.522. The van der Waals surface area contributed by atoms with Gasteiger partial charge in [-0.1, -0.05) is 63.9 Å². The molecule has 0 saturated carbocycles. The molecule has 0 radical (unpaired) electrons. The maximum absolute atomic E-state index is 13.3. The van der Waals surface area contributed by atoms with Crippen LogP contribution in [0.1, 0.15) is 84.8 Å². The maximum Gasteiger partial charge on any atom is 0.337 e. The van der Waals surface area contributed by atoms with E-state index in [1.165, 1.54) is 0 Å². The van der Waals surface area contributed by atoms with Gasteiger partial charge in [0.05, 0.1) is 23.3 Å². The highest BCUT2D eigenvalue weighted by atomic mass is 16.6. The van der Waals surface area contributed by atoms with Crippen LogP contribution in [0.25, 0.3) is 0 Å². The molecule has 2 unspecified atom stereocenters. The Bertz CT molecular complexity index is 872. The van der Waals surface area contributed by atoms with Crippen LogP contribution >= 0.6 is 0 Å². The molecule has 30 heavy (non-hydrogen) atoms. The molecule has 0 amide bonds. The van der Waals surface area contributed by atoms with Gasteiger partial charge < -0.3 is 4.74 Å². The van der Waals surface area contributed by atoms with Gasteiger partial charge in [-0.05, 0) is 51.5 Å². The van der Waals surface area contributed by atoms with Gasteiger partial charge in [0.2, 0.25) is 0 Å². The third kappa shape index (κ3) is 6.05. The number of hydrogen-bond acceptors (Lipinski definition) is 4. The van der Waals surface area contributed by atoms with Crippen LogP contribution in [0.5, 0.6) is 0 Å². The molecule has 2 rings (SSSR count). The molecule has 0 fully saturated rings. The highest BCUT2D eigenvalue weighted by Crippen LogP contribution is 2.43. The third-order valence-corrected chi connectivity index (χ3v) is 4.99. The van der Waals surface area contributed by atoms with Gasteiger partial charge in [0.15, 0.2) is 0 Å². The number of ether oxygens (including phenoxy) is 1. The summed E-state index contributed by atoms with van der Waals surface area (Å²) in [7, 11) is 0. The van der Waals surface area contributed by atoms with Crippen molar-refractivity contribution < 1.29 is 9.53 Å². The first kappa shape index (κ1) is 23.9. The number of hydrogen-bond donors (Lipinski definition) is 0. The smallest absolute Gasteiger partial charge is 0.337 e. The maximum atomic E-state index is 13.3. The van der Waals surface area contributed by atoms with E-state index in [9.17, 15) is 10.1 Å². The molecule has 4 heteroatoms. The van der Waals surface area contributed by atoms with Gasteiger partial charge in [0, 0.05) is 11.6 Å². The first-order valence-corrected chi connectivity index (χ1v) is 10.9. The number of nitriles is 1. The van der Waals surface area contributed by atoms with Crippen LogP contribution in [-0.4, -0.2) is 17.3 Å². The van der Waals surface area contributed by atoms with Crippen molar-refractivity contribution in [3.63, 3.8) is 0 Å². The molecule has 0 N–H and O–H groups in total.